The number of piperazine rings is 1. The first-order valence-electron chi connectivity index (χ1n) is 12.0. The lowest BCUT2D eigenvalue weighted by Gasteiger charge is -2.56. The van der Waals surface area contributed by atoms with Crippen LogP contribution in [0.25, 0.3) is 0 Å². The molecule has 0 unspecified atom stereocenters. The van der Waals surface area contributed by atoms with E-state index in [2.05, 4.69) is 9.80 Å². The summed E-state index contributed by atoms with van der Waals surface area (Å²) < 4.78 is 5.38. The van der Waals surface area contributed by atoms with E-state index in [0.717, 1.165) is 50.5 Å². The molecule has 0 saturated carbocycles. The number of hydrogen-bond donors (Lipinski definition) is 1. The predicted octanol–water partition coefficient (Wildman–Crippen LogP) is 3.64. The van der Waals surface area contributed by atoms with Gasteiger partial charge in [-0.1, -0.05) is 41.4 Å². The first kappa shape index (κ1) is 22.6. The predicted molar refractivity (Wildman–Crippen MR) is 133 cm³/mol. The maximum Gasteiger partial charge on any atom is 0.255 e. The Morgan fingerprint density at radius 3 is 2.50 bits per heavy atom. The van der Waals surface area contributed by atoms with Crippen molar-refractivity contribution >= 4 is 34.8 Å². The van der Waals surface area contributed by atoms with E-state index in [9.17, 15) is 9.90 Å². The fourth-order valence-electron chi connectivity index (χ4n) is 5.98. The van der Waals surface area contributed by atoms with Gasteiger partial charge in [-0.25, -0.2) is 0 Å². The number of hydrogen-bond acceptors (Lipinski definition) is 5. The van der Waals surface area contributed by atoms with Gasteiger partial charge in [-0.2, -0.15) is 0 Å². The first-order valence-corrected chi connectivity index (χ1v) is 12.7. The van der Waals surface area contributed by atoms with Crippen LogP contribution in [0.1, 0.15) is 28.8 Å². The van der Waals surface area contributed by atoms with Crippen LogP contribution >= 0.6 is 23.2 Å². The van der Waals surface area contributed by atoms with Crippen molar-refractivity contribution in [1.82, 2.24) is 9.80 Å². The van der Waals surface area contributed by atoms with Gasteiger partial charge in [0.05, 0.1) is 34.9 Å². The highest BCUT2D eigenvalue weighted by Gasteiger charge is 2.49. The molecule has 4 saturated heterocycles. The van der Waals surface area contributed by atoms with Gasteiger partial charge in [0.25, 0.3) is 5.91 Å². The van der Waals surface area contributed by atoms with E-state index in [1.807, 2.05) is 47.4 Å². The van der Waals surface area contributed by atoms with E-state index < -0.39 is 5.60 Å². The van der Waals surface area contributed by atoms with Crippen LogP contribution in [0.15, 0.2) is 42.5 Å². The molecule has 6 rings (SSSR count). The van der Waals surface area contributed by atoms with Crippen LogP contribution in [0.3, 0.4) is 0 Å². The molecule has 180 valence electrons. The average molecular weight is 502 g/mol. The van der Waals surface area contributed by atoms with Gasteiger partial charge in [0, 0.05) is 50.3 Å². The molecule has 4 fully saturated rings. The van der Waals surface area contributed by atoms with Crippen molar-refractivity contribution in [2.75, 3.05) is 57.4 Å². The zero-order valence-electron chi connectivity index (χ0n) is 19.1. The monoisotopic (exact) mass is 501 g/mol. The summed E-state index contributed by atoms with van der Waals surface area (Å²) >= 11 is 12.8. The van der Waals surface area contributed by atoms with Crippen molar-refractivity contribution in [2.45, 2.75) is 24.5 Å². The Kier molecular flexibility index (Phi) is 5.58. The van der Waals surface area contributed by atoms with E-state index in [4.69, 9.17) is 27.9 Å². The van der Waals surface area contributed by atoms with Crippen molar-refractivity contribution < 1.29 is 14.6 Å². The van der Waals surface area contributed by atoms with Crippen molar-refractivity contribution in [3.8, 4) is 0 Å². The minimum Gasteiger partial charge on any atom is -0.384 e. The number of fused-ring (bicyclic) bond motifs is 1. The van der Waals surface area contributed by atoms with Crippen molar-refractivity contribution in [3.05, 3.63) is 63.6 Å². The SMILES string of the molecule is O=C(c1cccc(N2CC3(COC3)C2)c1Cl)N1CCN2C[C@](O)(c3ccc(Cl)cc3)CC[C@@H]2C1. The standard InChI is InChI=1S/C26H29Cl2N3O3/c27-19-6-4-18(5-7-19)26(33)9-8-20-12-29(10-11-30(20)15-26)24(32)21-2-1-3-22(23(21)28)31-13-25(14-31)16-34-17-25/h1-7,20,33H,8-17H2/t20-,26+/m1/s1. The molecular formula is C26H29Cl2N3O3. The van der Waals surface area contributed by atoms with Gasteiger partial charge >= 0.3 is 0 Å². The Morgan fingerprint density at radius 1 is 1.03 bits per heavy atom. The van der Waals surface area contributed by atoms with Crippen LogP contribution in [0.5, 0.6) is 0 Å². The van der Waals surface area contributed by atoms with Gasteiger partial charge in [-0.3, -0.25) is 9.69 Å². The number of halogens is 2. The van der Waals surface area contributed by atoms with E-state index in [-0.39, 0.29) is 17.4 Å². The lowest BCUT2D eigenvalue weighted by atomic mass is 9.77. The summed E-state index contributed by atoms with van der Waals surface area (Å²) in [5, 5.41) is 12.6. The topological polar surface area (TPSA) is 56.2 Å². The Labute approximate surface area is 210 Å². The van der Waals surface area contributed by atoms with Crippen molar-refractivity contribution in [3.63, 3.8) is 0 Å². The molecule has 1 N–H and O–H groups in total. The molecule has 6 nitrogen and oxygen atoms in total. The molecule has 2 aromatic carbocycles. The Bertz CT molecular complexity index is 1100. The molecule has 4 aliphatic heterocycles. The zero-order chi connectivity index (χ0) is 23.5. The molecule has 2 atom stereocenters. The fraction of sp³-hybridized carbons (Fsp3) is 0.500. The van der Waals surface area contributed by atoms with Gasteiger partial charge in [0.1, 0.15) is 5.60 Å². The normalized spacial score (nSPS) is 28.3. The summed E-state index contributed by atoms with van der Waals surface area (Å²) in [6, 6.07) is 13.5. The van der Waals surface area contributed by atoms with Gasteiger partial charge in [0.15, 0.2) is 0 Å². The number of anilines is 1. The van der Waals surface area contributed by atoms with Gasteiger partial charge in [0.2, 0.25) is 0 Å². The number of amides is 1. The molecule has 2 aromatic rings. The Balaban J connectivity index is 1.13. The number of carbonyl (C=O) groups is 1. The maximum absolute atomic E-state index is 13.5. The molecule has 0 radical (unpaired) electrons. The highest BCUT2D eigenvalue weighted by atomic mass is 35.5. The van der Waals surface area contributed by atoms with E-state index in [0.29, 0.717) is 41.7 Å². The van der Waals surface area contributed by atoms with E-state index in [1.165, 1.54) is 0 Å². The number of ether oxygens (including phenoxy) is 1. The zero-order valence-corrected chi connectivity index (χ0v) is 20.6. The average Bonchev–Trinajstić information content (AvgIpc) is 2.78. The van der Waals surface area contributed by atoms with Crippen LogP contribution in [-0.4, -0.2) is 79.3 Å². The molecule has 0 aliphatic carbocycles. The highest BCUT2D eigenvalue weighted by Crippen LogP contribution is 2.43. The maximum atomic E-state index is 13.5. The van der Waals surface area contributed by atoms with Gasteiger partial charge < -0.3 is 19.6 Å². The fourth-order valence-corrected chi connectivity index (χ4v) is 6.43. The number of rotatable bonds is 3. The molecule has 34 heavy (non-hydrogen) atoms. The second-order valence-corrected chi connectivity index (χ2v) is 11.3. The lowest BCUT2D eigenvalue weighted by molar-refractivity contribution is -0.127. The third-order valence-electron chi connectivity index (χ3n) is 8.05. The molecule has 8 heteroatoms. The summed E-state index contributed by atoms with van der Waals surface area (Å²) in [6.07, 6.45) is 1.49. The Morgan fingerprint density at radius 2 is 1.79 bits per heavy atom. The molecule has 1 amide bonds. The van der Waals surface area contributed by atoms with Crippen LogP contribution in [0.4, 0.5) is 5.69 Å². The van der Waals surface area contributed by atoms with Gasteiger partial charge in [-0.15, -0.1) is 0 Å². The van der Waals surface area contributed by atoms with Crippen LogP contribution < -0.4 is 4.90 Å². The number of aliphatic hydroxyl groups is 1. The number of carbonyl (C=O) groups excluding carboxylic acids is 1. The number of nitrogens with zero attached hydrogens (tertiary/aromatic N) is 3. The second kappa shape index (κ2) is 8.38. The second-order valence-electron chi connectivity index (χ2n) is 10.4. The van der Waals surface area contributed by atoms with Crippen molar-refractivity contribution in [2.24, 2.45) is 5.41 Å². The van der Waals surface area contributed by atoms with Crippen LogP contribution in [0.2, 0.25) is 10.0 Å². The molecular weight excluding hydrogens is 473 g/mol. The number of piperidine rings is 1. The molecule has 1 spiro atoms. The first-order chi connectivity index (χ1) is 16.4. The summed E-state index contributed by atoms with van der Waals surface area (Å²) in [7, 11) is 0. The smallest absolute Gasteiger partial charge is 0.255 e. The van der Waals surface area contributed by atoms with E-state index in [1.54, 1.807) is 0 Å². The van der Waals surface area contributed by atoms with Gasteiger partial charge in [-0.05, 0) is 42.7 Å². The van der Waals surface area contributed by atoms with Crippen LogP contribution in [0, 0.1) is 5.41 Å². The minimum atomic E-state index is -0.884. The summed E-state index contributed by atoms with van der Waals surface area (Å²) in [6.45, 7) is 6.08. The number of benzene rings is 2. The van der Waals surface area contributed by atoms with Crippen molar-refractivity contribution in [1.29, 1.82) is 0 Å². The molecule has 0 bridgehead atoms. The quantitative estimate of drug-likeness (QED) is 0.695. The lowest BCUT2D eigenvalue weighted by Crippen LogP contribution is -2.66. The third-order valence-corrected chi connectivity index (χ3v) is 8.70. The summed E-state index contributed by atoms with van der Waals surface area (Å²) in [5.41, 5.74) is 1.82. The highest BCUT2D eigenvalue weighted by molar-refractivity contribution is 6.36. The largest absolute Gasteiger partial charge is 0.384 e. The summed E-state index contributed by atoms with van der Waals surface area (Å²) in [5.74, 6) is -0.00718. The molecule has 0 aromatic heterocycles. The summed E-state index contributed by atoms with van der Waals surface area (Å²) in [4.78, 5) is 20.0. The molecule has 4 aliphatic rings. The molecule has 4 heterocycles. The third kappa shape index (κ3) is 3.80. The Hall–Kier alpha value is -1.83. The van der Waals surface area contributed by atoms with E-state index >= 15 is 0 Å². The van der Waals surface area contributed by atoms with Crippen LogP contribution in [-0.2, 0) is 10.3 Å². The minimum absolute atomic E-state index is 0.00718.